The topological polar surface area (TPSA) is 38.3 Å². The second-order valence-electron chi connectivity index (χ2n) is 5.43. The van der Waals surface area contributed by atoms with E-state index >= 15 is 0 Å². The van der Waals surface area contributed by atoms with Crippen molar-refractivity contribution < 1.29 is 9.53 Å². The third-order valence-corrected chi connectivity index (χ3v) is 3.44. The molecule has 0 unspecified atom stereocenters. The van der Waals surface area contributed by atoms with Crippen molar-refractivity contribution in [2.45, 2.75) is 32.9 Å². The van der Waals surface area contributed by atoms with Crippen LogP contribution in [0.15, 0.2) is 48.5 Å². The lowest BCUT2D eigenvalue weighted by atomic mass is 10.1. The van der Waals surface area contributed by atoms with Crippen LogP contribution in [0, 0.1) is 0 Å². The van der Waals surface area contributed by atoms with Crippen molar-refractivity contribution in [1.82, 2.24) is 5.32 Å². The van der Waals surface area contributed by atoms with Crippen molar-refractivity contribution >= 4 is 17.5 Å². The average Bonchev–Trinajstić information content (AvgIpc) is 2.49. The van der Waals surface area contributed by atoms with Crippen LogP contribution in [0.2, 0.25) is 5.02 Å². The zero-order valence-corrected chi connectivity index (χ0v) is 13.7. The Morgan fingerprint density at radius 3 is 2.32 bits per heavy atom. The fraction of sp³-hybridized carbons (Fsp3) is 0.278. The van der Waals surface area contributed by atoms with E-state index in [1.54, 1.807) is 13.0 Å². The third-order valence-electron chi connectivity index (χ3n) is 3.14. The van der Waals surface area contributed by atoms with Crippen molar-refractivity contribution in [1.29, 1.82) is 0 Å². The molecule has 116 valence electrons. The summed E-state index contributed by atoms with van der Waals surface area (Å²) < 4.78 is 5.65. The molecule has 22 heavy (non-hydrogen) atoms. The van der Waals surface area contributed by atoms with E-state index in [4.69, 9.17) is 16.3 Å². The van der Waals surface area contributed by atoms with Gasteiger partial charge in [-0.05, 0) is 44.0 Å². The van der Waals surface area contributed by atoms with Crippen molar-refractivity contribution in [3.05, 3.63) is 53.6 Å². The van der Waals surface area contributed by atoms with Gasteiger partial charge in [0.25, 0.3) is 5.91 Å². The fourth-order valence-corrected chi connectivity index (χ4v) is 2.28. The van der Waals surface area contributed by atoms with Crippen LogP contribution in [-0.4, -0.2) is 18.1 Å². The van der Waals surface area contributed by atoms with Crippen LogP contribution in [0.3, 0.4) is 0 Å². The molecule has 2 aromatic carbocycles. The van der Waals surface area contributed by atoms with E-state index < -0.39 is 6.10 Å². The molecule has 0 fully saturated rings. The summed E-state index contributed by atoms with van der Waals surface area (Å²) in [6.45, 7) is 5.53. The van der Waals surface area contributed by atoms with Gasteiger partial charge in [-0.2, -0.15) is 0 Å². The van der Waals surface area contributed by atoms with E-state index in [9.17, 15) is 4.79 Å². The van der Waals surface area contributed by atoms with E-state index in [0.29, 0.717) is 10.8 Å². The van der Waals surface area contributed by atoms with Crippen LogP contribution in [0.5, 0.6) is 5.75 Å². The minimum Gasteiger partial charge on any atom is -0.479 e. The summed E-state index contributed by atoms with van der Waals surface area (Å²) in [7, 11) is 0. The first-order chi connectivity index (χ1) is 10.5. The molecule has 0 aliphatic rings. The Morgan fingerprint density at radius 2 is 1.73 bits per heavy atom. The zero-order chi connectivity index (χ0) is 16.1. The highest BCUT2D eigenvalue weighted by Crippen LogP contribution is 2.30. The summed E-state index contributed by atoms with van der Waals surface area (Å²) >= 11 is 6.28. The first-order valence-corrected chi connectivity index (χ1v) is 7.67. The number of carbonyl (C=O) groups is 1. The first kappa shape index (κ1) is 16.4. The quantitative estimate of drug-likeness (QED) is 0.893. The fourth-order valence-electron chi connectivity index (χ4n) is 2.05. The average molecular weight is 318 g/mol. The van der Waals surface area contributed by atoms with Crippen LogP contribution < -0.4 is 10.1 Å². The Labute approximate surface area is 136 Å². The molecule has 0 spiro atoms. The maximum Gasteiger partial charge on any atom is 0.260 e. The number of nitrogens with one attached hydrogen (secondary N) is 1. The molecule has 0 bridgehead atoms. The van der Waals surface area contributed by atoms with Crippen LogP contribution in [-0.2, 0) is 4.79 Å². The van der Waals surface area contributed by atoms with Gasteiger partial charge in [-0.1, -0.05) is 48.0 Å². The van der Waals surface area contributed by atoms with Crippen molar-refractivity contribution in [2.24, 2.45) is 0 Å². The standard InChI is InChI=1S/C18H20ClNO2/c1-12(2)20-18(21)13(3)22-17-10-9-15(11-16(17)19)14-7-5-4-6-8-14/h4-13H,1-3H3,(H,20,21)/t13-/m1/s1. The predicted molar refractivity (Wildman–Crippen MR) is 90.3 cm³/mol. The number of rotatable bonds is 5. The molecule has 0 aliphatic carbocycles. The van der Waals surface area contributed by atoms with Gasteiger partial charge >= 0.3 is 0 Å². The number of hydrogen-bond acceptors (Lipinski definition) is 2. The van der Waals surface area contributed by atoms with Gasteiger partial charge < -0.3 is 10.1 Å². The summed E-state index contributed by atoms with van der Waals surface area (Å²) in [5.41, 5.74) is 2.10. The lowest BCUT2D eigenvalue weighted by Gasteiger charge is -2.17. The maximum absolute atomic E-state index is 11.9. The number of carbonyl (C=O) groups excluding carboxylic acids is 1. The highest BCUT2D eigenvalue weighted by molar-refractivity contribution is 6.32. The molecular weight excluding hydrogens is 298 g/mol. The zero-order valence-electron chi connectivity index (χ0n) is 13.0. The Kier molecular flexibility index (Phi) is 5.45. The summed E-state index contributed by atoms with van der Waals surface area (Å²) in [6, 6.07) is 15.6. The largest absolute Gasteiger partial charge is 0.479 e. The van der Waals surface area contributed by atoms with Gasteiger partial charge in [0.1, 0.15) is 5.75 Å². The monoisotopic (exact) mass is 317 g/mol. The SMILES string of the molecule is CC(C)NC(=O)[C@@H](C)Oc1ccc(-c2ccccc2)cc1Cl. The summed E-state index contributed by atoms with van der Waals surface area (Å²) in [5.74, 6) is 0.353. The molecule has 3 nitrogen and oxygen atoms in total. The van der Waals surface area contributed by atoms with Gasteiger partial charge in [-0.15, -0.1) is 0 Å². The molecule has 0 saturated carbocycles. The van der Waals surface area contributed by atoms with Crippen molar-refractivity contribution in [2.75, 3.05) is 0 Å². The first-order valence-electron chi connectivity index (χ1n) is 7.29. The minimum absolute atomic E-state index is 0.0782. The number of halogens is 1. The molecule has 4 heteroatoms. The van der Waals surface area contributed by atoms with Gasteiger partial charge in [0.15, 0.2) is 6.10 Å². The Hall–Kier alpha value is -2.00. The van der Waals surface area contributed by atoms with Gasteiger partial charge in [-0.3, -0.25) is 4.79 Å². The molecule has 0 aromatic heterocycles. The van der Waals surface area contributed by atoms with E-state index in [-0.39, 0.29) is 11.9 Å². The number of ether oxygens (including phenoxy) is 1. The summed E-state index contributed by atoms with van der Waals surface area (Å²) in [5, 5.41) is 3.30. The highest BCUT2D eigenvalue weighted by atomic mass is 35.5. The Morgan fingerprint density at radius 1 is 1.05 bits per heavy atom. The second kappa shape index (κ2) is 7.32. The summed E-state index contributed by atoms with van der Waals surface area (Å²) in [6.07, 6.45) is -0.595. The lowest BCUT2D eigenvalue weighted by Crippen LogP contribution is -2.40. The van der Waals surface area contributed by atoms with E-state index in [1.807, 2.05) is 56.3 Å². The Bertz CT molecular complexity index is 641. The molecule has 0 heterocycles. The smallest absolute Gasteiger partial charge is 0.260 e. The van der Waals surface area contributed by atoms with Crippen LogP contribution in [0.25, 0.3) is 11.1 Å². The third kappa shape index (κ3) is 4.25. The van der Waals surface area contributed by atoms with E-state index in [2.05, 4.69) is 5.32 Å². The molecule has 0 radical (unpaired) electrons. The normalized spacial score (nSPS) is 12.0. The highest BCUT2D eigenvalue weighted by Gasteiger charge is 2.16. The molecule has 2 aromatic rings. The maximum atomic E-state index is 11.9. The lowest BCUT2D eigenvalue weighted by molar-refractivity contribution is -0.127. The van der Waals surface area contributed by atoms with Crippen LogP contribution in [0.1, 0.15) is 20.8 Å². The van der Waals surface area contributed by atoms with Crippen molar-refractivity contribution in [3.8, 4) is 16.9 Å². The predicted octanol–water partition coefficient (Wildman–Crippen LogP) is 4.30. The minimum atomic E-state index is -0.595. The number of benzene rings is 2. The molecular formula is C18H20ClNO2. The summed E-state index contributed by atoms with van der Waals surface area (Å²) in [4.78, 5) is 11.9. The Balaban J connectivity index is 2.12. The number of amides is 1. The van der Waals surface area contributed by atoms with Crippen LogP contribution >= 0.6 is 11.6 Å². The van der Waals surface area contributed by atoms with E-state index in [1.165, 1.54) is 0 Å². The van der Waals surface area contributed by atoms with Gasteiger partial charge in [0.05, 0.1) is 5.02 Å². The molecule has 1 N–H and O–H groups in total. The molecule has 0 saturated heterocycles. The van der Waals surface area contributed by atoms with Crippen LogP contribution in [0.4, 0.5) is 0 Å². The van der Waals surface area contributed by atoms with E-state index in [0.717, 1.165) is 11.1 Å². The van der Waals surface area contributed by atoms with Gasteiger partial charge in [0.2, 0.25) is 0 Å². The van der Waals surface area contributed by atoms with Gasteiger partial charge in [0, 0.05) is 6.04 Å². The molecule has 0 aliphatic heterocycles. The molecule has 2 rings (SSSR count). The molecule has 1 amide bonds. The van der Waals surface area contributed by atoms with Gasteiger partial charge in [-0.25, -0.2) is 0 Å². The van der Waals surface area contributed by atoms with Crippen molar-refractivity contribution in [3.63, 3.8) is 0 Å². The second-order valence-corrected chi connectivity index (χ2v) is 5.84. The molecule has 1 atom stereocenters. The number of hydrogen-bond donors (Lipinski definition) is 1.